The highest BCUT2D eigenvalue weighted by molar-refractivity contribution is 7.19. The molecule has 1 N–H and O–H groups in total. The molecule has 1 aromatic carbocycles. The van der Waals surface area contributed by atoms with Crippen LogP contribution in [0.3, 0.4) is 0 Å². The molecule has 0 aliphatic rings. The number of hydrogen-bond donors (Lipinski definition) is 1. The summed E-state index contributed by atoms with van der Waals surface area (Å²) in [6.07, 6.45) is 7.14. The summed E-state index contributed by atoms with van der Waals surface area (Å²) in [5, 5.41) is 4.39. The summed E-state index contributed by atoms with van der Waals surface area (Å²) in [6, 6.07) is 7.11. The molecular formula is C15H16FNS. The first kappa shape index (κ1) is 13.1. The number of thiophene rings is 1. The minimum atomic E-state index is -0.193. The SMILES string of the molecule is C#CCC(NCCC)c1cc2cc(F)ccc2s1. The lowest BCUT2D eigenvalue weighted by Crippen LogP contribution is -2.20. The Morgan fingerprint density at radius 2 is 2.28 bits per heavy atom. The summed E-state index contributed by atoms with van der Waals surface area (Å²) >= 11 is 1.68. The molecule has 2 aromatic rings. The Kier molecular flexibility index (Phi) is 4.35. The number of halogens is 1. The van der Waals surface area contributed by atoms with Crippen molar-refractivity contribution in [2.45, 2.75) is 25.8 Å². The minimum absolute atomic E-state index is 0.176. The average molecular weight is 261 g/mol. The molecule has 0 radical (unpaired) electrons. The molecule has 1 atom stereocenters. The first-order valence-electron chi connectivity index (χ1n) is 6.10. The molecule has 18 heavy (non-hydrogen) atoms. The van der Waals surface area contributed by atoms with Crippen molar-refractivity contribution in [2.24, 2.45) is 0 Å². The summed E-state index contributed by atoms with van der Waals surface area (Å²) in [7, 11) is 0. The van der Waals surface area contributed by atoms with Gasteiger partial charge in [0.1, 0.15) is 5.82 Å². The second-order valence-electron chi connectivity index (χ2n) is 4.25. The zero-order valence-electron chi connectivity index (χ0n) is 10.4. The molecule has 0 saturated heterocycles. The van der Waals surface area contributed by atoms with Crippen LogP contribution in [0.5, 0.6) is 0 Å². The first-order chi connectivity index (χ1) is 8.74. The van der Waals surface area contributed by atoms with Gasteiger partial charge in [0.05, 0.1) is 6.04 Å². The molecule has 0 fully saturated rings. The Morgan fingerprint density at radius 3 is 3.00 bits per heavy atom. The lowest BCUT2D eigenvalue weighted by atomic mass is 10.1. The van der Waals surface area contributed by atoms with Crippen molar-refractivity contribution in [1.82, 2.24) is 5.32 Å². The second-order valence-corrected chi connectivity index (χ2v) is 5.36. The van der Waals surface area contributed by atoms with Crippen LogP contribution in [0.2, 0.25) is 0 Å². The van der Waals surface area contributed by atoms with Gasteiger partial charge >= 0.3 is 0 Å². The van der Waals surface area contributed by atoms with Crippen molar-refractivity contribution in [2.75, 3.05) is 6.54 Å². The van der Waals surface area contributed by atoms with Gasteiger partial charge in [-0.1, -0.05) is 6.92 Å². The van der Waals surface area contributed by atoms with Gasteiger partial charge in [-0.05, 0) is 42.6 Å². The third-order valence-corrected chi connectivity index (χ3v) is 4.03. The maximum atomic E-state index is 13.2. The van der Waals surface area contributed by atoms with E-state index >= 15 is 0 Å². The van der Waals surface area contributed by atoms with Crippen molar-refractivity contribution in [3.63, 3.8) is 0 Å². The maximum Gasteiger partial charge on any atom is 0.123 e. The van der Waals surface area contributed by atoms with Gasteiger partial charge in [-0.3, -0.25) is 0 Å². The summed E-state index contributed by atoms with van der Waals surface area (Å²) in [5.41, 5.74) is 0. The molecule has 0 aliphatic carbocycles. The highest BCUT2D eigenvalue weighted by Crippen LogP contribution is 2.31. The topological polar surface area (TPSA) is 12.0 Å². The Morgan fingerprint density at radius 1 is 1.44 bits per heavy atom. The molecule has 3 heteroatoms. The van der Waals surface area contributed by atoms with E-state index in [9.17, 15) is 4.39 Å². The van der Waals surface area contributed by atoms with E-state index in [1.54, 1.807) is 17.4 Å². The smallest absolute Gasteiger partial charge is 0.123 e. The van der Waals surface area contributed by atoms with Crippen LogP contribution in [0.25, 0.3) is 10.1 Å². The first-order valence-corrected chi connectivity index (χ1v) is 6.92. The highest BCUT2D eigenvalue weighted by Gasteiger charge is 2.13. The van der Waals surface area contributed by atoms with E-state index in [-0.39, 0.29) is 11.9 Å². The molecule has 94 valence electrons. The Balaban J connectivity index is 2.29. The van der Waals surface area contributed by atoms with E-state index in [1.165, 1.54) is 10.9 Å². The fraction of sp³-hybridized carbons (Fsp3) is 0.333. The summed E-state index contributed by atoms with van der Waals surface area (Å²) in [5.74, 6) is 2.51. The van der Waals surface area contributed by atoms with Crippen LogP contribution in [0.15, 0.2) is 24.3 Å². The van der Waals surface area contributed by atoms with Gasteiger partial charge in [-0.15, -0.1) is 23.7 Å². The summed E-state index contributed by atoms with van der Waals surface area (Å²) < 4.78 is 14.3. The van der Waals surface area contributed by atoms with Gasteiger partial charge in [0.2, 0.25) is 0 Å². The average Bonchev–Trinajstić information content (AvgIpc) is 2.77. The van der Waals surface area contributed by atoms with E-state index in [1.807, 2.05) is 12.1 Å². The molecule has 1 heterocycles. The maximum absolute atomic E-state index is 13.2. The van der Waals surface area contributed by atoms with E-state index in [2.05, 4.69) is 18.2 Å². The number of hydrogen-bond acceptors (Lipinski definition) is 2. The van der Waals surface area contributed by atoms with Crippen LogP contribution in [-0.2, 0) is 0 Å². The standard InChI is InChI=1S/C15H16FNS/c1-3-5-13(17-8-4-2)15-10-11-9-12(16)6-7-14(11)18-15/h1,6-7,9-10,13,17H,4-5,8H2,2H3. The van der Waals surface area contributed by atoms with Gasteiger partial charge in [0, 0.05) is 16.0 Å². The molecule has 0 amide bonds. The van der Waals surface area contributed by atoms with E-state index in [4.69, 9.17) is 6.42 Å². The van der Waals surface area contributed by atoms with Crippen molar-refractivity contribution < 1.29 is 4.39 Å². The van der Waals surface area contributed by atoms with Crippen LogP contribution >= 0.6 is 11.3 Å². The van der Waals surface area contributed by atoms with Crippen LogP contribution in [0, 0.1) is 18.2 Å². The van der Waals surface area contributed by atoms with Crippen LogP contribution in [0.4, 0.5) is 4.39 Å². The predicted molar refractivity (Wildman–Crippen MR) is 76.3 cm³/mol. The molecule has 0 bridgehead atoms. The third kappa shape index (κ3) is 2.90. The van der Waals surface area contributed by atoms with Gasteiger partial charge in [0.25, 0.3) is 0 Å². The molecule has 0 aliphatic heterocycles. The van der Waals surface area contributed by atoms with Crippen LogP contribution < -0.4 is 5.32 Å². The van der Waals surface area contributed by atoms with Gasteiger partial charge in [0.15, 0.2) is 0 Å². The number of terminal acetylenes is 1. The largest absolute Gasteiger partial charge is 0.308 e. The van der Waals surface area contributed by atoms with Crippen molar-refractivity contribution >= 4 is 21.4 Å². The fourth-order valence-corrected chi connectivity index (χ4v) is 3.04. The number of benzene rings is 1. The Hall–Kier alpha value is -1.37. The number of nitrogens with one attached hydrogen (secondary N) is 1. The lowest BCUT2D eigenvalue weighted by molar-refractivity contribution is 0.550. The van der Waals surface area contributed by atoms with Gasteiger partial charge in [-0.2, -0.15) is 0 Å². The third-order valence-electron chi connectivity index (χ3n) is 2.80. The summed E-state index contributed by atoms with van der Waals surface area (Å²) in [4.78, 5) is 1.18. The van der Waals surface area contributed by atoms with Crippen molar-refractivity contribution in [3.8, 4) is 12.3 Å². The van der Waals surface area contributed by atoms with Gasteiger partial charge in [-0.25, -0.2) is 4.39 Å². The minimum Gasteiger partial charge on any atom is -0.308 e. The highest BCUT2D eigenvalue weighted by atomic mass is 32.1. The summed E-state index contributed by atoms with van der Waals surface area (Å²) in [6.45, 7) is 3.06. The monoisotopic (exact) mass is 261 g/mol. The molecule has 2 rings (SSSR count). The zero-order valence-corrected chi connectivity index (χ0v) is 11.2. The quantitative estimate of drug-likeness (QED) is 0.799. The second kappa shape index (κ2) is 5.99. The zero-order chi connectivity index (χ0) is 13.0. The Bertz CT molecular complexity index is 567. The van der Waals surface area contributed by atoms with Crippen molar-refractivity contribution in [1.29, 1.82) is 0 Å². The lowest BCUT2D eigenvalue weighted by Gasteiger charge is -2.13. The molecule has 1 unspecified atom stereocenters. The van der Waals surface area contributed by atoms with E-state index in [0.717, 1.165) is 23.1 Å². The Labute approximate surface area is 111 Å². The molecule has 0 saturated carbocycles. The predicted octanol–water partition coefficient (Wildman–Crippen LogP) is 4.10. The normalized spacial score (nSPS) is 12.5. The van der Waals surface area contributed by atoms with Crippen LogP contribution in [-0.4, -0.2) is 6.54 Å². The number of rotatable bonds is 5. The molecule has 1 nitrogen and oxygen atoms in total. The van der Waals surface area contributed by atoms with E-state index in [0.29, 0.717) is 6.42 Å². The fourth-order valence-electron chi connectivity index (χ4n) is 1.92. The number of fused-ring (bicyclic) bond motifs is 1. The molecule has 0 spiro atoms. The molecule has 1 aromatic heterocycles. The molecular weight excluding hydrogens is 245 g/mol. The van der Waals surface area contributed by atoms with Gasteiger partial charge < -0.3 is 5.32 Å². The van der Waals surface area contributed by atoms with Crippen LogP contribution in [0.1, 0.15) is 30.7 Å². The van der Waals surface area contributed by atoms with E-state index < -0.39 is 0 Å². The van der Waals surface area contributed by atoms with Crippen molar-refractivity contribution in [3.05, 3.63) is 35.0 Å².